The maximum Gasteiger partial charge on any atom is 0.238 e. The van der Waals surface area contributed by atoms with Crippen molar-refractivity contribution in [2.75, 3.05) is 5.32 Å². The van der Waals surface area contributed by atoms with E-state index in [1.165, 1.54) is 6.07 Å². The van der Waals surface area contributed by atoms with Crippen molar-refractivity contribution in [2.24, 2.45) is 5.14 Å². The van der Waals surface area contributed by atoms with Crippen molar-refractivity contribution in [1.82, 2.24) is 0 Å². The molecule has 132 valence electrons. The molecule has 0 fully saturated rings. The number of benzene rings is 3. The minimum atomic E-state index is -3.82. The summed E-state index contributed by atoms with van der Waals surface area (Å²) in [4.78, 5) is 12.2. The summed E-state index contributed by atoms with van der Waals surface area (Å²) in [6, 6.07) is 23.0. The molecule has 26 heavy (non-hydrogen) atoms. The third-order valence-corrected chi connectivity index (χ3v) is 4.85. The molecule has 0 heterocycles. The van der Waals surface area contributed by atoms with Gasteiger partial charge < -0.3 is 5.32 Å². The molecule has 0 aromatic heterocycles. The molecule has 0 saturated heterocycles. The average Bonchev–Trinajstić information content (AvgIpc) is 2.62. The van der Waals surface area contributed by atoms with Gasteiger partial charge in [-0.05, 0) is 29.3 Å². The van der Waals surface area contributed by atoms with E-state index in [9.17, 15) is 13.2 Å². The summed E-state index contributed by atoms with van der Waals surface area (Å²) in [5.41, 5.74) is 2.80. The zero-order valence-corrected chi connectivity index (χ0v) is 14.7. The van der Waals surface area contributed by atoms with Crippen LogP contribution in [-0.2, 0) is 21.2 Å². The van der Waals surface area contributed by atoms with Gasteiger partial charge in [0.2, 0.25) is 15.9 Å². The normalized spacial score (nSPS) is 11.1. The number of amides is 1. The molecular weight excluding hydrogens is 348 g/mol. The van der Waals surface area contributed by atoms with Crippen LogP contribution in [0.25, 0.3) is 11.1 Å². The molecule has 0 aliphatic heterocycles. The topological polar surface area (TPSA) is 89.3 Å². The van der Waals surface area contributed by atoms with Gasteiger partial charge in [0.25, 0.3) is 0 Å². The Bertz CT molecular complexity index is 1010. The summed E-state index contributed by atoms with van der Waals surface area (Å²) in [6.45, 7) is 0. The first-order valence-corrected chi connectivity index (χ1v) is 9.54. The molecule has 0 aliphatic rings. The number of nitrogens with one attached hydrogen (secondary N) is 1. The fraction of sp³-hybridized carbons (Fsp3) is 0.0500. The van der Waals surface area contributed by atoms with Gasteiger partial charge in [-0.2, -0.15) is 0 Å². The molecule has 0 unspecified atom stereocenters. The van der Waals surface area contributed by atoms with Crippen molar-refractivity contribution >= 4 is 21.6 Å². The smallest absolute Gasteiger partial charge is 0.238 e. The largest absolute Gasteiger partial charge is 0.326 e. The monoisotopic (exact) mass is 366 g/mol. The molecule has 0 spiro atoms. The van der Waals surface area contributed by atoms with Gasteiger partial charge in [0.15, 0.2) is 0 Å². The minimum absolute atomic E-state index is 0.0702. The molecule has 0 saturated carbocycles. The van der Waals surface area contributed by atoms with Crippen molar-refractivity contribution in [3.63, 3.8) is 0 Å². The maximum absolute atomic E-state index is 12.1. The van der Waals surface area contributed by atoms with E-state index >= 15 is 0 Å². The standard InChI is InChI=1S/C20H18N2O3S/c21-26(24,25)19-9-5-4-8-18(19)16-10-12-17(13-11-16)22-20(23)14-15-6-2-1-3-7-15/h1-13H,14H2,(H,22,23)(H2,21,24,25). The van der Waals surface area contributed by atoms with Crippen LogP contribution < -0.4 is 10.5 Å². The highest BCUT2D eigenvalue weighted by atomic mass is 32.2. The molecule has 0 aliphatic carbocycles. The molecule has 3 rings (SSSR count). The van der Waals surface area contributed by atoms with Crippen LogP contribution in [0.5, 0.6) is 0 Å². The van der Waals surface area contributed by atoms with Gasteiger partial charge in [-0.3, -0.25) is 4.79 Å². The second-order valence-electron chi connectivity index (χ2n) is 5.83. The summed E-state index contributed by atoms with van der Waals surface area (Å²) in [5, 5.41) is 8.11. The van der Waals surface area contributed by atoms with E-state index in [0.717, 1.165) is 5.56 Å². The Kier molecular flexibility index (Phi) is 5.16. The highest BCUT2D eigenvalue weighted by Crippen LogP contribution is 2.27. The quantitative estimate of drug-likeness (QED) is 0.727. The Labute approximate surface area is 152 Å². The molecule has 0 radical (unpaired) electrons. The van der Waals surface area contributed by atoms with Crippen LogP contribution in [0.4, 0.5) is 5.69 Å². The summed E-state index contributed by atoms with van der Waals surface area (Å²) < 4.78 is 23.5. The highest BCUT2D eigenvalue weighted by molar-refractivity contribution is 7.89. The molecule has 0 bridgehead atoms. The van der Waals surface area contributed by atoms with Gasteiger partial charge in [0.1, 0.15) is 0 Å². The molecule has 0 atom stereocenters. The van der Waals surface area contributed by atoms with Gasteiger partial charge in [-0.15, -0.1) is 0 Å². The second kappa shape index (κ2) is 7.51. The van der Waals surface area contributed by atoms with E-state index in [1.807, 2.05) is 30.3 Å². The molecular formula is C20H18N2O3S. The minimum Gasteiger partial charge on any atom is -0.326 e. The van der Waals surface area contributed by atoms with Gasteiger partial charge in [0.05, 0.1) is 11.3 Å². The van der Waals surface area contributed by atoms with E-state index in [4.69, 9.17) is 5.14 Å². The van der Waals surface area contributed by atoms with Crippen LogP contribution >= 0.6 is 0 Å². The summed E-state index contributed by atoms with van der Waals surface area (Å²) in [5.74, 6) is -0.117. The van der Waals surface area contributed by atoms with Crippen LogP contribution in [0.1, 0.15) is 5.56 Å². The van der Waals surface area contributed by atoms with E-state index in [2.05, 4.69) is 5.32 Å². The lowest BCUT2D eigenvalue weighted by atomic mass is 10.1. The number of sulfonamides is 1. The van der Waals surface area contributed by atoms with Crippen molar-refractivity contribution in [1.29, 1.82) is 0 Å². The third-order valence-electron chi connectivity index (χ3n) is 3.88. The number of nitrogens with two attached hydrogens (primary N) is 1. The number of carbonyl (C=O) groups excluding carboxylic acids is 1. The second-order valence-corrected chi connectivity index (χ2v) is 7.36. The maximum atomic E-state index is 12.1. The lowest BCUT2D eigenvalue weighted by Gasteiger charge is -2.10. The molecule has 1 amide bonds. The zero-order chi connectivity index (χ0) is 18.6. The first kappa shape index (κ1) is 17.8. The first-order valence-electron chi connectivity index (χ1n) is 7.99. The number of anilines is 1. The lowest BCUT2D eigenvalue weighted by Crippen LogP contribution is -2.14. The predicted molar refractivity (Wildman–Crippen MR) is 102 cm³/mol. The van der Waals surface area contributed by atoms with Crippen molar-refractivity contribution in [2.45, 2.75) is 11.3 Å². The summed E-state index contributed by atoms with van der Waals surface area (Å²) in [7, 11) is -3.82. The van der Waals surface area contributed by atoms with Gasteiger partial charge in [-0.25, -0.2) is 13.6 Å². The number of hydrogen-bond acceptors (Lipinski definition) is 3. The van der Waals surface area contributed by atoms with Gasteiger partial charge in [0, 0.05) is 11.3 Å². The highest BCUT2D eigenvalue weighted by Gasteiger charge is 2.14. The molecule has 5 nitrogen and oxygen atoms in total. The lowest BCUT2D eigenvalue weighted by molar-refractivity contribution is -0.115. The van der Waals surface area contributed by atoms with Gasteiger partial charge >= 0.3 is 0 Å². The Balaban J connectivity index is 1.77. The Morgan fingerprint density at radius 3 is 2.12 bits per heavy atom. The van der Waals surface area contributed by atoms with Crippen molar-refractivity contribution < 1.29 is 13.2 Å². The number of primary sulfonamides is 1. The summed E-state index contributed by atoms with van der Waals surface area (Å²) >= 11 is 0. The molecule has 3 aromatic carbocycles. The number of carbonyl (C=O) groups is 1. The van der Waals surface area contributed by atoms with Gasteiger partial charge in [-0.1, -0.05) is 60.7 Å². The van der Waals surface area contributed by atoms with Crippen LogP contribution in [0.3, 0.4) is 0 Å². The molecule has 3 aromatic rings. The van der Waals surface area contributed by atoms with E-state index < -0.39 is 10.0 Å². The Morgan fingerprint density at radius 2 is 1.46 bits per heavy atom. The fourth-order valence-electron chi connectivity index (χ4n) is 2.67. The Hall–Kier alpha value is -2.96. The van der Waals surface area contributed by atoms with Crippen LogP contribution in [0.2, 0.25) is 0 Å². The number of hydrogen-bond donors (Lipinski definition) is 2. The first-order chi connectivity index (χ1) is 12.4. The van der Waals surface area contributed by atoms with E-state index in [1.54, 1.807) is 42.5 Å². The SMILES string of the molecule is NS(=O)(=O)c1ccccc1-c1ccc(NC(=O)Cc2ccccc2)cc1. The van der Waals surface area contributed by atoms with Crippen LogP contribution in [-0.4, -0.2) is 14.3 Å². The summed E-state index contributed by atoms with van der Waals surface area (Å²) in [6.07, 6.45) is 0.289. The average molecular weight is 366 g/mol. The van der Waals surface area contributed by atoms with Crippen LogP contribution in [0, 0.1) is 0 Å². The predicted octanol–water partition coefficient (Wildman–Crippen LogP) is 3.18. The Morgan fingerprint density at radius 1 is 0.846 bits per heavy atom. The number of rotatable bonds is 5. The van der Waals surface area contributed by atoms with E-state index in [-0.39, 0.29) is 17.2 Å². The molecule has 3 N–H and O–H groups in total. The van der Waals surface area contributed by atoms with Crippen LogP contribution in [0.15, 0.2) is 83.8 Å². The fourth-order valence-corrected chi connectivity index (χ4v) is 3.43. The zero-order valence-electron chi connectivity index (χ0n) is 13.9. The third kappa shape index (κ3) is 4.36. The molecule has 6 heteroatoms. The van der Waals surface area contributed by atoms with Crippen molar-refractivity contribution in [3.8, 4) is 11.1 Å². The van der Waals surface area contributed by atoms with Crippen molar-refractivity contribution in [3.05, 3.63) is 84.4 Å². The van der Waals surface area contributed by atoms with E-state index in [0.29, 0.717) is 16.8 Å².